The van der Waals surface area contributed by atoms with Crippen LogP contribution >= 0.6 is 24.0 Å². The molecule has 3 heterocycles. The van der Waals surface area contributed by atoms with Gasteiger partial charge in [0, 0.05) is 33.1 Å². The average molecular weight is 448 g/mol. The number of nitrogens with one attached hydrogen (secondary N) is 1. The van der Waals surface area contributed by atoms with Gasteiger partial charge < -0.3 is 19.5 Å². The highest BCUT2D eigenvalue weighted by atomic mass is 127. The molecule has 1 N–H and O–H groups in total. The molecule has 0 spiro atoms. The molecule has 0 amide bonds. The minimum absolute atomic E-state index is 0. The Morgan fingerprint density at radius 3 is 2.75 bits per heavy atom. The number of hydrogen-bond donors (Lipinski definition) is 1. The summed E-state index contributed by atoms with van der Waals surface area (Å²) in [5.41, 5.74) is 0. The zero-order valence-corrected chi connectivity index (χ0v) is 16.5. The maximum absolute atomic E-state index is 11.6. The molecule has 0 aromatic carbocycles. The number of fused-ring (bicyclic) bond motifs is 1. The molecular weight excluding hydrogens is 423 g/mol. The molecule has 24 heavy (non-hydrogen) atoms. The predicted octanol–water partition coefficient (Wildman–Crippen LogP) is 0.803. The van der Waals surface area contributed by atoms with Gasteiger partial charge in [-0.15, -0.1) is 34.2 Å². The van der Waals surface area contributed by atoms with Crippen molar-refractivity contribution in [3.63, 3.8) is 0 Å². The van der Waals surface area contributed by atoms with Gasteiger partial charge in [-0.2, -0.15) is 0 Å². The molecule has 1 aromatic heterocycles. The highest BCUT2D eigenvalue weighted by Gasteiger charge is 2.27. The zero-order chi connectivity index (χ0) is 16.2. The number of esters is 1. The molecule has 8 nitrogen and oxygen atoms in total. The lowest BCUT2D eigenvalue weighted by Crippen LogP contribution is -2.46. The molecule has 1 saturated heterocycles. The van der Waals surface area contributed by atoms with Crippen LogP contribution in [-0.2, 0) is 29.0 Å². The summed E-state index contributed by atoms with van der Waals surface area (Å²) >= 11 is 0. The van der Waals surface area contributed by atoms with Crippen LogP contribution in [0.4, 0.5) is 0 Å². The van der Waals surface area contributed by atoms with Crippen LogP contribution in [0.3, 0.4) is 0 Å². The quantitative estimate of drug-likeness (QED) is 0.319. The van der Waals surface area contributed by atoms with Gasteiger partial charge in [0.15, 0.2) is 11.8 Å². The van der Waals surface area contributed by atoms with Gasteiger partial charge >= 0.3 is 5.97 Å². The van der Waals surface area contributed by atoms with Crippen LogP contribution in [0.2, 0.25) is 0 Å². The second-order valence-corrected chi connectivity index (χ2v) is 5.97. The molecule has 0 bridgehead atoms. The summed E-state index contributed by atoms with van der Waals surface area (Å²) in [6, 6.07) is 0. The van der Waals surface area contributed by atoms with Crippen LogP contribution in [0.5, 0.6) is 0 Å². The molecule has 2 aliphatic rings. The highest BCUT2D eigenvalue weighted by molar-refractivity contribution is 14.0. The van der Waals surface area contributed by atoms with Gasteiger partial charge in [-0.25, -0.2) is 0 Å². The Morgan fingerprint density at radius 2 is 2.08 bits per heavy atom. The van der Waals surface area contributed by atoms with Gasteiger partial charge in [-0.3, -0.25) is 9.79 Å². The van der Waals surface area contributed by atoms with Gasteiger partial charge in [-0.05, 0) is 19.3 Å². The Labute approximate surface area is 159 Å². The number of aliphatic imine (C=N–C) groups is 1. The molecule has 0 unspecified atom stereocenters. The summed E-state index contributed by atoms with van der Waals surface area (Å²) in [7, 11) is 3.23. The number of likely N-dealkylation sites (tertiary alicyclic amines) is 1. The number of halogens is 1. The van der Waals surface area contributed by atoms with E-state index in [0.29, 0.717) is 6.54 Å². The maximum atomic E-state index is 11.6. The van der Waals surface area contributed by atoms with E-state index in [1.807, 2.05) is 0 Å². The van der Waals surface area contributed by atoms with Crippen molar-refractivity contribution >= 4 is 35.9 Å². The Balaban J connectivity index is 0.00000208. The first kappa shape index (κ1) is 18.9. The molecule has 0 saturated carbocycles. The monoisotopic (exact) mass is 448 g/mol. The molecule has 0 atom stereocenters. The van der Waals surface area contributed by atoms with Crippen molar-refractivity contribution in [2.75, 3.05) is 27.2 Å². The normalized spacial score (nSPS) is 18.1. The number of nitrogens with zero attached hydrogens (tertiary/aromatic N) is 5. The van der Waals surface area contributed by atoms with Crippen molar-refractivity contribution in [1.82, 2.24) is 25.0 Å². The van der Waals surface area contributed by atoms with E-state index < -0.39 is 0 Å². The van der Waals surface area contributed by atoms with Gasteiger partial charge in [0.05, 0.1) is 19.6 Å². The summed E-state index contributed by atoms with van der Waals surface area (Å²) in [5.74, 6) is 2.79. The van der Waals surface area contributed by atoms with Crippen molar-refractivity contribution in [3.8, 4) is 0 Å². The number of aryl methyl sites for hydroxylation is 1. The van der Waals surface area contributed by atoms with Crippen molar-refractivity contribution in [2.24, 2.45) is 10.9 Å². The second kappa shape index (κ2) is 8.63. The van der Waals surface area contributed by atoms with Crippen molar-refractivity contribution < 1.29 is 9.53 Å². The molecular formula is C15H25IN6O2. The summed E-state index contributed by atoms with van der Waals surface area (Å²) in [6.07, 6.45) is 3.76. The largest absolute Gasteiger partial charge is 0.469 e. The second-order valence-electron chi connectivity index (χ2n) is 5.97. The molecule has 0 radical (unpaired) electrons. The number of carbonyl (C=O) groups is 1. The third kappa shape index (κ3) is 3.98. The molecule has 134 valence electrons. The molecule has 1 aromatic rings. The van der Waals surface area contributed by atoms with E-state index in [1.54, 1.807) is 7.05 Å². The third-order valence-corrected chi connectivity index (χ3v) is 4.63. The number of ether oxygens (including phenoxy) is 1. The fraction of sp³-hybridized carbons (Fsp3) is 0.733. The number of piperidine rings is 1. The average Bonchev–Trinajstić information content (AvgIpc) is 3.19. The van der Waals surface area contributed by atoms with Crippen LogP contribution in [-0.4, -0.2) is 58.8 Å². The number of guanidine groups is 1. The van der Waals surface area contributed by atoms with E-state index >= 15 is 0 Å². The Morgan fingerprint density at radius 1 is 1.33 bits per heavy atom. The SMILES string of the molecule is CN=C(NCc1nnc2n1CCC2)N1CCC(C(=O)OC)CC1.I. The lowest BCUT2D eigenvalue weighted by atomic mass is 9.97. The lowest BCUT2D eigenvalue weighted by molar-refractivity contribution is -0.146. The van der Waals surface area contributed by atoms with Gasteiger partial charge in [0.2, 0.25) is 0 Å². The highest BCUT2D eigenvalue weighted by Crippen LogP contribution is 2.19. The first-order valence-corrected chi connectivity index (χ1v) is 8.17. The number of methoxy groups -OCH3 is 1. The third-order valence-electron chi connectivity index (χ3n) is 4.63. The van der Waals surface area contributed by atoms with Crippen molar-refractivity contribution in [1.29, 1.82) is 0 Å². The van der Waals surface area contributed by atoms with Gasteiger partial charge in [0.1, 0.15) is 5.82 Å². The minimum atomic E-state index is -0.105. The summed E-state index contributed by atoms with van der Waals surface area (Å²) in [5, 5.41) is 11.8. The number of hydrogen-bond acceptors (Lipinski definition) is 5. The first-order chi connectivity index (χ1) is 11.2. The summed E-state index contributed by atoms with van der Waals surface area (Å²) < 4.78 is 7.01. The Hall–Kier alpha value is -1.39. The number of aromatic nitrogens is 3. The van der Waals surface area contributed by atoms with Crippen molar-refractivity contribution in [2.45, 2.75) is 38.8 Å². The van der Waals surface area contributed by atoms with Gasteiger partial charge in [-0.1, -0.05) is 0 Å². The summed E-state index contributed by atoms with van der Waals surface area (Å²) in [6.45, 7) is 3.23. The van der Waals surface area contributed by atoms with Crippen LogP contribution < -0.4 is 5.32 Å². The molecule has 0 aliphatic carbocycles. The predicted molar refractivity (Wildman–Crippen MR) is 100 cm³/mol. The minimum Gasteiger partial charge on any atom is -0.469 e. The first-order valence-electron chi connectivity index (χ1n) is 8.17. The van der Waals surface area contributed by atoms with Gasteiger partial charge in [0.25, 0.3) is 0 Å². The van der Waals surface area contributed by atoms with E-state index in [-0.39, 0.29) is 35.9 Å². The van der Waals surface area contributed by atoms with E-state index in [4.69, 9.17) is 4.74 Å². The fourth-order valence-electron chi connectivity index (χ4n) is 3.33. The standard InChI is InChI=1S/C15H24N6O2.HI/c1-16-15(20-8-5-11(6-9-20)14(22)23-2)17-10-13-19-18-12-4-3-7-21(12)13;/h11H,3-10H2,1-2H3,(H,16,17);1H. The van der Waals surface area contributed by atoms with Crippen LogP contribution in [0.1, 0.15) is 30.9 Å². The van der Waals surface area contributed by atoms with Crippen molar-refractivity contribution in [3.05, 3.63) is 11.6 Å². The zero-order valence-electron chi connectivity index (χ0n) is 14.2. The molecule has 3 rings (SSSR count). The van der Waals surface area contributed by atoms with E-state index in [1.165, 1.54) is 7.11 Å². The Bertz CT molecular complexity index is 595. The summed E-state index contributed by atoms with van der Waals surface area (Å²) in [4.78, 5) is 18.1. The van der Waals surface area contributed by atoms with Crippen LogP contribution in [0.15, 0.2) is 4.99 Å². The molecule has 9 heteroatoms. The Kier molecular flexibility index (Phi) is 6.81. The molecule has 2 aliphatic heterocycles. The van der Waals surface area contributed by atoms with E-state index in [0.717, 1.165) is 62.9 Å². The lowest BCUT2D eigenvalue weighted by Gasteiger charge is -2.33. The van der Waals surface area contributed by atoms with Crippen LogP contribution in [0.25, 0.3) is 0 Å². The number of carbonyl (C=O) groups excluding carboxylic acids is 1. The fourth-order valence-corrected chi connectivity index (χ4v) is 3.33. The number of rotatable bonds is 3. The van der Waals surface area contributed by atoms with E-state index in [2.05, 4.69) is 30.0 Å². The topological polar surface area (TPSA) is 84.6 Å². The molecule has 1 fully saturated rings. The smallest absolute Gasteiger partial charge is 0.308 e. The van der Waals surface area contributed by atoms with E-state index in [9.17, 15) is 4.79 Å². The van der Waals surface area contributed by atoms with Crippen LogP contribution in [0, 0.1) is 5.92 Å². The maximum Gasteiger partial charge on any atom is 0.308 e.